The maximum atomic E-state index is 14.0. The van der Waals surface area contributed by atoms with Crippen molar-refractivity contribution >= 4 is 35.6 Å². The zero-order chi connectivity index (χ0) is 18.5. The second-order valence-electron chi connectivity index (χ2n) is 7.04. The van der Waals surface area contributed by atoms with E-state index in [9.17, 15) is 8.78 Å². The molecule has 2 heterocycles. The molecule has 27 heavy (non-hydrogen) atoms. The Labute approximate surface area is 177 Å². The normalized spacial score (nSPS) is 21.3. The van der Waals surface area contributed by atoms with Gasteiger partial charge in [-0.15, -0.1) is 24.0 Å². The van der Waals surface area contributed by atoms with E-state index in [0.29, 0.717) is 24.8 Å². The van der Waals surface area contributed by atoms with Crippen molar-refractivity contribution in [2.45, 2.75) is 25.8 Å². The number of hydrogen-bond donors (Lipinski definition) is 1. The number of halogens is 3. The summed E-state index contributed by atoms with van der Waals surface area (Å²) in [5.74, 6) is 0.149. The molecule has 0 radical (unpaired) electrons. The average Bonchev–Trinajstić information content (AvgIpc) is 3.06. The molecule has 0 spiro atoms. The minimum absolute atomic E-state index is 0. The molecular formula is C19H30F2IN5. The second kappa shape index (κ2) is 10.4. The van der Waals surface area contributed by atoms with Crippen LogP contribution in [0.5, 0.6) is 0 Å². The summed E-state index contributed by atoms with van der Waals surface area (Å²) in [5.41, 5.74) is 0.346. The standard InChI is InChI=1S/C19H29F2N5.HI/c1-3-22-19(23-14-16-5-4-8-24(16)2)26-11-9-25(10-12-26)18-13-15(20)6-7-17(18)21;/h6-7,13,16H,3-5,8-12,14H2,1-2H3,(H,22,23);1H. The highest BCUT2D eigenvalue weighted by molar-refractivity contribution is 14.0. The van der Waals surface area contributed by atoms with E-state index in [-0.39, 0.29) is 29.8 Å². The van der Waals surface area contributed by atoms with Crippen LogP contribution in [0.25, 0.3) is 0 Å². The summed E-state index contributed by atoms with van der Waals surface area (Å²) in [4.78, 5) is 11.3. The highest BCUT2D eigenvalue weighted by atomic mass is 127. The first kappa shape index (κ1) is 22.1. The van der Waals surface area contributed by atoms with Crippen LogP contribution in [0.15, 0.2) is 23.2 Å². The van der Waals surface area contributed by atoms with Crippen LogP contribution in [0, 0.1) is 11.6 Å². The van der Waals surface area contributed by atoms with Gasteiger partial charge in [-0.3, -0.25) is 4.99 Å². The number of likely N-dealkylation sites (N-methyl/N-ethyl adjacent to an activating group) is 1. The van der Waals surface area contributed by atoms with Crippen molar-refractivity contribution in [3.63, 3.8) is 0 Å². The molecule has 1 N–H and O–H groups in total. The predicted molar refractivity (Wildman–Crippen MR) is 117 cm³/mol. The molecule has 0 saturated carbocycles. The van der Waals surface area contributed by atoms with Crippen molar-refractivity contribution in [2.75, 3.05) is 57.8 Å². The van der Waals surface area contributed by atoms with Crippen molar-refractivity contribution in [1.82, 2.24) is 15.1 Å². The van der Waals surface area contributed by atoms with Gasteiger partial charge in [-0.1, -0.05) is 0 Å². The molecular weight excluding hydrogens is 463 g/mol. The first-order valence-electron chi connectivity index (χ1n) is 9.52. The molecule has 2 aliphatic rings. The van der Waals surface area contributed by atoms with E-state index in [2.05, 4.69) is 29.1 Å². The van der Waals surface area contributed by atoms with E-state index < -0.39 is 5.82 Å². The maximum Gasteiger partial charge on any atom is 0.194 e. The van der Waals surface area contributed by atoms with Gasteiger partial charge >= 0.3 is 0 Å². The van der Waals surface area contributed by atoms with E-state index in [1.54, 1.807) is 0 Å². The lowest BCUT2D eigenvalue weighted by molar-refractivity contribution is 0.314. The Morgan fingerprint density at radius 3 is 2.56 bits per heavy atom. The van der Waals surface area contributed by atoms with E-state index in [1.807, 2.05) is 4.90 Å². The van der Waals surface area contributed by atoms with Gasteiger partial charge in [0.15, 0.2) is 5.96 Å². The second-order valence-corrected chi connectivity index (χ2v) is 7.04. The van der Waals surface area contributed by atoms with Crippen LogP contribution in [0.4, 0.5) is 14.5 Å². The number of benzene rings is 1. The van der Waals surface area contributed by atoms with Crippen molar-refractivity contribution in [3.8, 4) is 0 Å². The van der Waals surface area contributed by atoms with Gasteiger partial charge in [-0.05, 0) is 45.5 Å². The zero-order valence-corrected chi connectivity index (χ0v) is 18.5. The number of piperazine rings is 1. The summed E-state index contributed by atoms with van der Waals surface area (Å²) in [7, 11) is 2.16. The smallest absolute Gasteiger partial charge is 0.194 e. The molecule has 2 fully saturated rings. The summed E-state index contributed by atoms with van der Waals surface area (Å²) < 4.78 is 27.4. The van der Waals surface area contributed by atoms with Crippen LogP contribution < -0.4 is 10.2 Å². The zero-order valence-electron chi connectivity index (χ0n) is 16.1. The fraction of sp³-hybridized carbons (Fsp3) is 0.632. The third kappa shape index (κ3) is 5.66. The molecule has 3 rings (SSSR count). The molecule has 8 heteroatoms. The van der Waals surface area contributed by atoms with Crippen molar-refractivity contribution in [3.05, 3.63) is 29.8 Å². The molecule has 1 aromatic carbocycles. The number of nitrogens with zero attached hydrogens (tertiary/aromatic N) is 4. The monoisotopic (exact) mass is 493 g/mol. The largest absolute Gasteiger partial charge is 0.366 e. The topological polar surface area (TPSA) is 34.1 Å². The summed E-state index contributed by atoms with van der Waals surface area (Å²) in [6.07, 6.45) is 2.44. The summed E-state index contributed by atoms with van der Waals surface area (Å²) >= 11 is 0. The van der Waals surface area contributed by atoms with Gasteiger partial charge in [0.1, 0.15) is 11.6 Å². The van der Waals surface area contributed by atoms with Crippen LogP contribution in [0.2, 0.25) is 0 Å². The predicted octanol–water partition coefficient (Wildman–Crippen LogP) is 2.76. The number of aliphatic imine (C=N–C) groups is 1. The number of nitrogens with one attached hydrogen (secondary N) is 1. The van der Waals surface area contributed by atoms with E-state index in [0.717, 1.165) is 44.7 Å². The molecule has 1 unspecified atom stereocenters. The highest BCUT2D eigenvalue weighted by Crippen LogP contribution is 2.22. The molecule has 2 saturated heterocycles. The van der Waals surface area contributed by atoms with Gasteiger partial charge in [0.25, 0.3) is 0 Å². The fourth-order valence-electron chi connectivity index (χ4n) is 3.71. The molecule has 5 nitrogen and oxygen atoms in total. The molecule has 152 valence electrons. The van der Waals surface area contributed by atoms with Crippen LogP contribution in [0.1, 0.15) is 19.8 Å². The van der Waals surface area contributed by atoms with Gasteiger partial charge in [0, 0.05) is 44.8 Å². The number of rotatable bonds is 4. The Balaban J connectivity index is 0.00000261. The quantitative estimate of drug-likeness (QED) is 0.398. The van der Waals surface area contributed by atoms with E-state index >= 15 is 0 Å². The third-order valence-corrected chi connectivity index (χ3v) is 5.29. The third-order valence-electron chi connectivity index (χ3n) is 5.29. The van der Waals surface area contributed by atoms with Crippen molar-refractivity contribution in [1.29, 1.82) is 0 Å². The van der Waals surface area contributed by atoms with Crippen LogP contribution in [0.3, 0.4) is 0 Å². The molecule has 1 aromatic rings. The molecule has 1 atom stereocenters. The number of hydrogen-bond acceptors (Lipinski definition) is 3. The fourth-order valence-corrected chi connectivity index (χ4v) is 3.71. The first-order valence-corrected chi connectivity index (χ1v) is 9.52. The number of guanidine groups is 1. The number of likely N-dealkylation sites (tertiary alicyclic amines) is 1. The lowest BCUT2D eigenvalue weighted by atomic mass is 10.2. The minimum Gasteiger partial charge on any atom is -0.366 e. The summed E-state index contributed by atoms with van der Waals surface area (Å²) in [6, 6.07) is 4.15. The van der Waals surface area contributed by atoms with Crippen LogP contribution in [-0.2, 0) is 0 Å². The Morgan fingerprint density at radius 2 is 1.93 bits per heavy atom. The van der Waals surface area contributed by atoms with E-state index in [1.165, 1.54) is 25.0 Å². The lowest BCUT2D eigenvalue weighted by Gasteiger charge is -2.38. The van der Waals surface area contributed by atoms with Crippen molar-refractivity contribution < 1.29 is 8.78 Å². The molecule has 0 amide bonds. The van der Waals surface area contributed by atoms with Gasteiger partial charge in [0.05, 0.1) is 12.2 Å². The molecule has 0 aromatic heterocycles. The van der Waals surface area contributed by atoms with Gasteiger partial charge in [-0.25, -0.2) is 8.78 Å². The molecule has 2 aliphatic heterocycles. The maximum absolute atomic E-state index is 14.0. The molecule has 0 bridgehead atoms. The average molecular weight is 493 g/mol. The first-order chi connectivity index (χ1) is 12.6. The van der Waals surface area contributed by atoms with Gasteiger partial charge < -0.3 is 20.0 Å². The van der Waals surface area contributed by atoms with Gasteiger partial charge in [-0.2, -0.15) is 0 Å². The highest BCUT2D eigenvalue weighted by Gasteiger charge is 2.24. The Kier molecular flexibility index (Phi) is 8.53. The van der Waals surface area contributed by atoms with E-state index in [4.69, 9.17) is 4.99 Å². The minimum atomic E-state index is -0.403. The Morgan fingerprint density at radius 1 is 1.19 bits per heavy atom. The Hall–Kier alpha value is -1.16. The van der Waals surface area contributed by atoms with Crippen LogP contribution >= 0.6 is 24.0 Å². The summed E-state index contributed by atoms with van der Waals surface area (Å²) in [6.45, 7) is 7.60. The SMILES string of the molecule is CCNC(=NCC1CCCN1C)N1CCN(c2cc(F)ccc2F)CC1.I. The van der Waals surface area contributed by atoms with Gasteiger partial charge in [0.2, 0.25) is 0 Å². The number of anilines is 1. The summed E-state index contributed by atoms with van der Waals surface area (Å²) in [5, 5.41) is 3.37. The van der Waals surface area contributed by atoms with Crippen molar-refractivity contribution in [2.24, 2.45) is 4.99 Å². The lowest BCUT2D eigenvalue weighted by Crippen LogP contribution is -2.53. The Bertz CT molecular complexity index is 635. The van der Waals surface area contributed by atoms with Crippen LogP contribution in [-0.4, -0.2) is 74.7 Å². The molecule has 0 aliphatic carbocycles.